The first-order valence-electron chi connectivity index (χ1n) is 10.1. The van der Waals surface area contributed by atoms with Gasteiger partial charge in [-0.15, -0.1) is 24.0 Å². The van der Waals surface area contributed by atoms with Crippen LogP contribution in [0.4, 0.5) is 5.82 Å². The molecule has 0 aliphatic carbocycles. The molecule has 0 spiro atoms. The van der Waals surface area contributed by atoms with Crippen molar-refractivity contribution in [1.82, 2.24) is 15.6 Å². The van der Waals surface area contributed by atoms with Crippen molar-refractivity contribution in [3.63, 3.8) is 0 Å². The van der Waals surface area contributed by atoms with E-state index in [4.69, 9.17) is 0 Å². The number of hydrogen-bond acceptors (Lipinski definition) is 4. The monoisotopic (exact) mass is 509 g/mol. The lowest BCUT2D eigenvalue weighted by molar-refractivity contribution is 0.0617. The Hall–Kier alpha value is -1.87. The minimum atomic E-state index is -0.975. The van der Waals surface area contributed by atoms with Gasteiger partial charge in [0.2, 0.25) is 0 Å². The van der Waals surface area contributed by atoms with Crippen LogP contribution in [0.2, 0.25) is 0 Å². The molecule has 0 saturated carbocycles. The van der Waals surface area contributed by atoms with Crippen molar-refractivity contribution in [3.8, 4) is 0 Å². The standard InChI is InChI=1S/C22H31N5O.HI/c1-3-23-21(26-17-22(2,28)19-9-5-4-6-10-19)25-16-18-11-12-24-20(15-18)27-13-7-8-14-27;/h4-6,9-12,15,28H,3,7-8,13-14,16-17H2,1-2H3,(H2,23,25,26);1H. The fourth-order valence-corrected chi connectivity index (χ4v) is 3.35. The van der Waals surface area contributed by atoms with Crippen molar-refractivity contribution in [2.24, 2.45) is 4.99 Å². The third-order valence-electron chi connectivity index (χ3n) is 5.00. The van der Waals surface area contributed by atoms with Crippen LogP contribution >= 0.6 is 24.0 Å². The van der Waals surface area contributed by atoms with Crippen molar-refractivity contribution in [2.75, 3.05) is 31.1 Å². The van der Waals surface area contributed by atoms with E-state index in [-0.39, 0.29) is 24.0 Å². The number of guanidine groups is 1. The zero-order valence-corrected chi connectivity index (χ0v) is 19.6. The molecule has 0 radical (unpaired) electrons. The highest BCUT2D eigenvalue weighted by molar-refractivity contribution is 14.0. The summed E-state index contributed by atoms with van der Waals surface area (Å²) in [4.78, 5) is 11.5. The molecule has 1 aromatic heterocycles. The highest BCUT2D eigenvalue weighted by Gasteiger charge is 2.23. The first-order valence-corrected chi connectivity index (χ1v) is 10.1. The zero-order valence-electron chi connectivity index (χ0n) is 17.3. The second-order valence-electron chi connectivity index (χ2n) is 7.41. The van der Waals surface area contributed by atoms with Gasteiger partial charge in [0.25, 0.3) is 0 Å². The van der Waals surface area contributed by atoms with E-state index in [9.17, 15) is 5.11 Å². The maximum atomic E-state index is 10.8. The van der Waals surface area contributed by atoms with Gasteiger partial charge in [-0.1, -0.05) is 30.3 Å². The van der Waals surface area contributed by atoms with Crippen LogP contribution in [0.1, 0.15) is 37.8 Å². The van der Waals surface area contributed by atoms with Gasteiger partial charge < -0.3 is 20.6 Å². The van der Waals surface area contributed by atoms with Crippen molar-refractivity contribution >= 4 is 35.8 Å². The lowest BCUT2D eigenvalue weighted by atomic mass is 9.96. The highest BCUT2D eigenvalue weighted by atomic mass is 127. The van der Waals surface area contributed by atoms with E-state index < -0.39 is 5.60 Å². The summed E-state index contributed by atoms with van der Waals surface area (Å²) in [7, 11) is 0. The Bertz CT molecular complexity index is 776. The van der Waals surface area contributed by atoms with Gasteiger partial charge in [-0.3, -0.25) is 0 Å². The number of nitrogens with one attached hydrogen (secondary N) is 2. The number of aliphatic imine (C=N–C) groups is 1. The summed E-state index contributed by atoms with van der Waals surface area (Å²) in [5.74, 6) is 1.73. The maximum Gasteiger partial charge on any atom is 0.191 e. The molecule has 2 heterocycles. The molecular weight excluding hydrogens is 477 g/mol. The number of pyridine rings is 1. The highest BCUT2D eigenvalue weighted by Crippen LogP contribution is 2.20. The predicted octanol–water partition coefficient (Wildman–Crippen LogP) is 3.26. The molecule has 0 amide bonds. The number of aliphatic hydroxyl groups is 1. The molecule has 29 heavy (non-hydrogen) atoms. The topological polar surface area (TPSA) is 72.8 Å². The molecule has 1 fully saturated rings. The summed E-state index contributed by atoms with van der Waals surface area (Å²) in [5.41, 5.74) is 1.03. The summed E-state index contributed by atoms with van der Waals surface area (Å²) < 4.78 is 0. The molecule has 1 aliphatic heterocycles. The summed E-state index contributed by atoms with van der Waals surface area (Å²) in [6.45, 7) is 7.70. The number of halogens is 1. The second-order valence-corrected chi connectivity index (χ2v) is 7.41. The van der Waals surface area contributed by atoms with Crippen molar-refractivity contribution in [2.45, 2.75) is 38.8 Å². The molecule has 158 valence electrons. The van der Waals surface area contributed by atoms with E-state index >= 15 is 0 Å². The van der Waals surface area contributed by atoms with E-state index in [0.717, 1.165) is 36.6 Å². The molecule has 0 bridgehead atoms. The van der Waals surface area contributed by atoms with Gasteiger partial charge in [-0.25, -0.2) is 9.98 Å². The summed E-state index contributed by atoms with van der Waals surface area (Å²) in [6, 6.07) is 13.8. The number of hydrogen-bond donors (Lipinski definition) is 3. The Kier molecular flexibility index (Phi) is 9.16. The lowest BCUT2D eigenvalue weighted by Gasteiger charge is -2.25. The van der Waals surface area contributed by atoms with Crippen LogP contribution in [0.15, 0.2) is 53.7 Å². The quantitative estimate of drug-likeness (QED) is 0.304. The molecule has 1 aliphatic rings. The molecular formula is C22H32IN5O. The van der Waals surface area contributed by atoms with Gasteiger partial charge in [-0.05, 0) is 49.9 Å². The molecule has 1 atom stereocenters. The van der Waals surface area contributed by atoms with Gasteiger partial charge >= 0.3 is 0 Å². The Labute approximate surface area is 190 Å². The Morgan fingerprint density at radius 3 is 2.59 bits per heavy atom. The largest absolute Gasteiger partial charge is 0.384 e. The molecule has 2 aromatic rings. The predicted molar refractivity (Wildman–Crippen MR) is 130 cm³/mol. The third kappa shape index (κ3) is 6.85. The third-order valence-corrected chi connectivity index (χ3v) is 5.00. The van der Waals surface area contributed by atoms with Gasteiger partial charge in [0.15, 0.2) is 5.96 Å². The number of rotatable bonds is 7. The van der Waals surface area contributed by atoms with Crippen molar-refractivity contribution in [1.29, 1.82) is 0 Å². The van der Waals surface area contributed by atoms with Gasteiger partial charge in [-0.2, -0.15) is 0 Å². The van der Waals surface area contributed by atoms with Crippen LogP contribution in [0.5, 0.6) is 0 Å². The average Bonchev–Trinajstić information content (AvgIpc) is 3.26. The molecule has 7 heteroatoms. The van der Waals surface area contributed by atoms with Gasteiger partial charge in [0.05, 0.1) is 13.1 Å². The number of anilines is 1. The van der Waals surface area contributed by atoms with E-state index in [1.54, 1.807) is 0 Å². The van der Waals surface area contributed by atoms with Crippen LogP contribution in [-0.4, -0.2) is 42.2 Å². The minimum Gasteiger partial charge on any atom is -0.384 e. The average molecular weight is 509 g/mol. The van der Waals surface area contributed by atoms with Gasteiger partial charge in [0.1, 0.15) is 11.4 Å². The molecule has 3 rings (SSSR count). The summed E-state index contributed by atoms with van der Waals surface area (Å²) in [6.07, 6.45) is 4.33. The first kappa shape index (κ1) is 23.4. The van der Waals surface area contributed by atoms with Crippen LogP contribution in [0.25, 0.3) is 0 Å². The summed E-state index contributed by atoms with van der Waals surface area (Å²) in [5, 5.41) is 17.3. The van der Waals surface area contributed by atoms with E-state index in [1.807, 2.05) is 56.4 Å². The fraction of sp³-hybridized carbons (Fsp3) is 0.455. The van der Waals surface area contributed by atoms with E-state index in [0.29, 0.717) is 19.0 Å². The molecule has 6 nitrogen and oxygen atoms in total. The second kappa shape index (κ2) is 11.3. The molecule has 1 aromatic carbocycles. The number of benzene rings is 1. The molecule has 1 saturated heterocycles. The van der Waals surface area contributed by atoms with E-state index in [2.05, 4.69) is 31.6 Å². The fourth-order valence-electron chi connectivity index (χ4n) is 3.35. The Morgan fingerprint density at radius 1 is 1.17 bits per heavy atom. The van der Waals surface area contributed by atoms with Crippen molar-refractivity contribution < 1.29 is 5.11 Å². The van der Waals surface area contributed by atoms with Gasteiger partial charge in [0, 0.05) is 25.8 Å². The first-order chi connectivity index (χ1) is 13.6. The van der Waals surface area contributed by atoms with E-state index in [1.165, 1.54) is 12.8 Å². The summed E-state index contributed by atoms with van der Waals surface area (Å²) >= 11 is 0. The normalized spacial score (nSPS) is 16.1. The number of aromatic nitrogens is 1. The molecule has 1 unspecified atom stereocenters. The van der Waals surface area contributed by atoms with Crippen LogP contribution < -0.4 is 15.5 Å². The van der Waals surface area contributed by atoms with Crippen LogP contribution in [0.3, 0.4) is 0 Å². The maximum absolute atomic E-state index is 10.8. The van der Waals surface area contributed by atoms with Crippen LogP contribution in [0, 0.1) is 0 Å². The smallest absolute Gasteiger partial charge is 0.191 e. The molecule has 3 N–H and O–H groups in total. The zero-order chi connectivity index (χ0) is 19.8. The Morgan fingerprint density at radius 2 is 1.90 bits per heavy atom. The number of nitrogens with zero attached hydrogens (tertiary/aromatic N) is 3. The van der Waals surface area contributed by atoms with Crippen molar-refractivity contribution in [3.05, 3.63) is 59.8 Å². The SMILES string of the molecule is CCNC(=NCc1ccnc(N2CCCC2)c1)NCC(C)(O)c1ccccc1.I. The minimum absolute atomic E-state index is 0. The Balaban J connectivity index is 0.00000300. The van der Waals surface area contributed by atoms with Crippen LogP contribution in [-0.2, 0) is 12.1 Å². The lowest BCUT2D eigenvalue weighted by Crippen LogP contribution is -2.44.